The summed E-state index contributed by atoms with van der Waals surface area (Å²) in [5.74, 6) is 2.89. The predicted octanol–water partition coefficient (Wildman–Crippen LogP) is 1.98. The van der Waals surface area contributed by atoms with E-state index in [4.69, 9.17) is 0 Å². The van der Waals surface area contributed by atoms with Crippen LogP contribution in [0.25, 0.3) is 0 Å². The van der Waals surface area contributed by atoms with Crippen LogP contribution < -0.4 is 5.32 Å². The zero-order chi connectivity index (χ0) is 13.7. The van der Waals surface area contributed by atoms with Crippen molar-refractivity contribution in [2.24, 2.45) is 23.7 Å². The molecule has 5 fully saturated rings. The largest absolute Gasteiger partial charge is 0.396 e. The van der Waals surface area contributed by atoms with E-state index >= 15 is 0 Å². The van der Waals surface area contributed by atoms with Crippen molar-refractivity contribution in [3.05, 3.63) is 0 Å². The van der Waals surface area contributed by atoms with Crippen LogP contribution in [-0.4, -0.2) is 41.3 Å². The third-order valence-corrected chi connectivity index (χ3v) is 6.24. The molecule has 4 saturated carbocycles. The highest BCUT2D eigenvalue weighted by Crippen LogP contribution is 2.55. The Bertz CT molecular complexity index is 374. The fourth-order valence-corrected chi connectivity index (χ4v) is 5.74. The summed E-state index contributed by atoms with van der Waals surface area (Å²) in [6.45, 7) is 1.75. The van der Waals surface area contributed by atoms with Crippen LogP contribution in [0.2, 0.25) is 0 Å². The van der Waals surface area contributed by atoms with Crippen LogP contribution in [0, 0.1) is 23.7 Å². The molecule has 5 rings (SSSR count). The summed E-state index contributed by atoms with van der Waals surface area (Å²) in [5, 5.41) is 12.6. The summed E-state index contributed by atoms with van der Waals surface area (Å²) in [5.41, 5.74) is 0.114. The molecule has 20 heavy (non-hydrogen) atoms. The second-order valence-corrected chi connectivity index (χ2v) is 7.91. The Morgan fingerprint density at radius 2 is 1.75 bits per heavy atom. The summed E-state index contributed by atoms with van der Waals surface area (Å²) in [6.07, 6.45) is 8.80. The highest BCUT2D eigenvalue weighted by atomic mass is 16.3. The Kier molecular flexibility index (Phi) is 2.99. The van der Waals surface area contributed by atoms with Gasteiger partial charge in [-0.25, -0.2) is 4.79 Å². The van der Waals surface area contributed by atoms with Gasteiger partial charge in [-0.05, 0) is 62.7 Å². The minimum atomic E-state index is 0.114. The van der Waals surface area contributed by atoms with Gasteiger partial charge in [0.15, 0.2) is 0 Å². The average Bonchev–Trinajstić information content (AvgIpc) is 2.85. The molecule has 1 saturated heterocycles. The first-order valence-electron chi connectivity index (χ1n) is 8.34. The first-order chi connectivity index (χ1) is 9.66. The molecule has 1 atom stereocenters. The van der Waals surface area contributed by atoms with Crippen molar-refractivity contribution in [3.63, 3.8) is 0 Å². The van der Waals surface area contributed by atoms with Crippen LogP contribution in [0.4, 0.5) is 4.79 Å². The first-order valence-corrected chi connectivity index (χ1v) is 8.34. The van der Waals surface area contributed by atoms with Crippen molar-refractivity contribution in [2.75, 3.05) is 19.7 Å². The van der Waals surface area contributed by atoms with Gasteiger partial charge >= 0.3 is 6.03 Å². The maximum Gasteiger partial charge on any atom is 0.317 e. The lowest BCUT2D eigenvalue weighted by Crippen LogP contribution is -2.61. The highest BCUT2D eigenvalue weighted by molar-refractivity contribution is 5.75. The minimum Gasteiger partial charge on any atom is -0.396 e. The molecule has 4 bridgehead atoms. The van der Waals surface area contributed by atoms with Crippen molar-refractivity contribution in [3.8, 4) is 0 Å². The number of likely N-dealkylation sites (tertiary alicyclic amines) is 1. The molecule has 2 amide bonds. The number of urea groups is 1. The van der Waals surface area contributed by atoms with Gasteiger partial charge in [-0.3, -0.25) is 0 Å². The highest BCUT2D eigenvalue weighted by Gasteiger charge is 2.51. The Labute approximate surface area is 120 Å². The summed E-state index contributed by atoms with van der Waals surface area (Å²) < 4.78 is 0. The fraction of sp³-hybridized carbons (Fsp3) is 0.938. The summed E-state index contributed by atoms with van der Waals surface area (Å²) >= 11 is 0. The number of hydrogen-bond acceptors (Lipinski definition) is 2. The molecule has 4 nitrogen and oxygen atoms in total. The van der Waals surface area contributed by atoms with Gasteiger partial charge in [-0.15, -0.1) is 0 Å². The quantitative estimate of drug-likeness (QED) is 0.811. The smallest absolute Gasteiger partial charge is 0.317 e. The number of carbonyl (C=O) groups is 1. The first kappa shape index (κ1) is 12.9. The van der Waals surface area contributed by atoms with Gasteiger partial charge in [0.1, 0.15) is 0 Å². The topological polar surface area (TPSA) is 52.6 Å². The number of nitrogens with zero attached hydrogens (tertiary/aromatic N) is 1. The van der Waals surface area contributed by atoms with Crippen LogP contribution in [0.5, 0.6) is 0 Å². The monoisotopic (exact) mass is 278 g/mol. The van der Waals surface area contributed by atoms with Crippen LogP contribution in [0.3, 0.4) is 0 Å². The molecule has 0 aromatic heterocycles. The molecule has 1 heterocycles. The van der Waals surface area contributed by atoms with Gasteiger partial charge < -0.3 is 15.3 Å². The van der Waals surface area contributed by atoms with Gasteiger partial charge in [0.25, 0.3) is 0 Å². The van der Waals surface area contributed by atoms with Crippen molar-refractivity contribution in [1.82, 2.24) is 10.2 Å². The number of rotatable bonds is 2. The zero-order valence-corrected chi connectivity index (χ0v) is 12.2. The standard InChI is InChI=1S/C16H26N2O2/c19-10-11-1-2-18(9-11)15(20)17-16-6-12-3-13(7-16)5-14(4-12)8-16/h11-14,19H,1-10H2,(H,17,20). The third kappa shape index (κ3) is 2.12. The second-order valence-electron chi connectivity index (χ2n) is 7.91. The molecule has 0 spiro atoms. The Balaban J connectivity index is 1.42. The van der Waals surface area contributed by atoms with Crippen LogP contribution in [0.1, 0.15) is 44.9 Å². The molecule has 0 aromatic carbocycles. The maximum atomic E-state index is 12.5. The molecule has 0 radical (unpaired) electrons. The van der Waals surface area contributed by atoms with E-state index in [9.17, 15) is 9.90 Å². The van der Waals surface area contributed by atoms with E-state index in [1.54, 1.807) is 0 Å². The molecule has 1 unspecified atom stereocenters. The lowest BCUT2D eigenvalue weighted by molar-refractivity contribution is -0.0154. The van der Waals surface area contributed by atoms with E-state index < -0.39 is 0 Å². The number of nitrogens with one attached hydrogen (secondary N) is 1. The molecular formula is C16H26N2O2. The van der Waals surface area contributed by atoms with Gasteiger partial charge in [-0.2, -0.15) is 0 Å². The number of hydrogen-bond donors (Lipinski definition) is 2. The molecular weight excluding hydrogens is 252 g/mol. The summed E-state index contributed by atoms with van der Waals surface area (Å²) in [6, 6.07) is 0.128. The molecule has 112 valence electrons. The molecule has 4 heteroatoms. The SMILES string of the molecule is O=C(NC12CC3CC(CC(C3)C1)C2)N1CCC(CO)C1. The Morgan fingerprint density at radius 1 is 1.15 bits per heavy atom. The van der Waals surface area contributed by atoms with Crippen LogP contribution in [-0.2, 0) is 0 Å². The predicted molar refractivity (Wildman–Crippen MR) is 76.2 cm³/mol. The lowest BCUT2D eigenvalue weighted by atomic mass is 9.53. The Hall–Kier alpha value is -0.770. The van der Waals surface area contributed by atoms with E-state index in [0.717, 1.165) is 37.3 Å². The van der Waals surface area contributed by atoms with E-state index in [1.165, 1.54) is 38.5 Å². The Morgan fingerprint density at radius 3 is 2.25 bits per heavy atom. The molecule has 5 aliphatic rings. The number of amides is 2. The minimum absolute atomic E-state index is 0.114. The lowest BCUT2D eigenvalue weighted by Gasteiger charge is -2.57. The second kappa shape index (κ2) is 4.62. The zero-order valence-electron chi connectivity index (χ0n) is 12.2. The number of aliphatic hydroxyl groups excluding tert-OH is 1. The van der Waals surface area contributed by atoms with Crippen LogP contribution >= 0.6 is 0 Å². The molecule has 1 aliphatic heterocycles. The van der Waals surface area contributed by atoms with Crippen molar-refractivity contribution >= 4 is 6.03 Å². The van der Waals surface area contributed by atoms with E-state index in [0.29, 0.717) is 0 Å². The van der Waals surface area contributed by atoms with Crippen molar-refractivity contribution in [2.45, 2.75) is 50.5 Å². The van der Waals surface area contributed by atoms with Crippen molar-refractivity contribution in [1.29, 1.82) is 0 Å². The molecule has 4 aliphatic carbocycles. The van der Waals surface area contributed by atoms with E-state index in [1.807, 2.05) is 4.90 Å². The maximum absolute atomic E-state index is 12.5. The van der Waals surface area contributed by atoms with Crippen molar-refractivity contribution < 1.29 is 9.90 Å². The fourth-order valence-electron chi connectivity index (χ4n) is 5.74. The van der Waals surface area contributed by atoms with Gasteiger partial charge in [-0.1, -0.05) is 0 Å². The molecule has 2 N–H and O–H groups in total. The number of carbonyl (C=O) groups excluding carboxylic acids is 1. The summed E-state index contributed by atoms with van der Waals surface area (Å²) in [7, 11) is 0. The van der Waals surface area contributed by atoms with Gasteiger partial charge in [0.05, 0.1) is 0 Å². The van der Waals surface area contributed by atoms with Gasteiger partial charge in [0.2, 0.25) is 0 Å². The van der Waals surface area contributed by atoms with Crippen LogP contribution in [0.15, 0.2) is 0 Å². The van der Waals surface area contributed by atoms with Gasteiger partial charge in [0, 0.05) is 31.2 Å². The van der Waals surface area contributed by atoms with E-state index in [2.05, 4.69) is 5.32 Å². The number of aliphatic hydroxyl groups is 1. The normalized spacial score (nSPS) is 46.0. The van der Waals surface area contributed by atoms with E-state index in [-0.39, 0.29) is 24.1 Å². The molecule has 0 aromatic rings. The summed E-state index contributed by atoms with van der Waals surface area (Å²) in [4.78, 5) is 14.4. The average molecular weight is 278 g/mol. The third-order valence-electron chi connectivity index (χ3n) is 6.24.